The number of ether oxygens (including phenoxy) is 2. The Labute approximate surface area is 169 Å². The molecule has 0 radical (unpaired) electrons. The van der Waals surface area contributed by atoms with E-state index in [-0.39, 0.29) is 12.4 Å². The van der Waals surface area contributed by atoms with Crippen LogP contribution in [0.5, 0.6) is 11.5 Å². The van der Waals surface area contributed by atoms with Gasteiger partial charge in [-0.15, -0.1) is 0 Å². The minimum Gasteiger partial charge on any atom is -0.493 e. The summed E-state index contributed by atoms with van der Waals surface area (Å²) in [5.41, 5.74) is 1.27. The normalized spacial score (nSPS) is 10.8. The smallest absolute Gasteiger partial charge is 0.166 e. The number of methoxy groups -OCH3 is 1. The fourth-order valence-electron chi connectivity index (χ4n) is 2.87. The molecule has 0 saturated heterocycles. The highest BCUT2D eigenvalue weighted by atomic mass is 35.5. The van der Waals surface area contributed by atoms with Gasteiger partial charge in [-0.05, 0) is 31.2 Å². The van der Waals surface area contributed by atoms with Gasteiger partial charge in [0.2, 0.25) is 0 Å². The van der Waals surface area contributed by atoms with E-state index in [2.05, 4.69) is 10.3 Å². The summed E-state index contributed by atoms with van der Waals surface area (Å²) in [5, 5.41) is 3.75. The Balaban J connectivity index is 1.61. The number of para-hydroxylation sites is 1. The van der Waals surface area contributed by atoms with Gasteiger partial charge in [-0.25, -0.2) is 9.37 Å². The second-order valence-corrected chi connectivity index (χ2v) is 6.68. The Kier molecular flexibility index (Phi) is 7.28. The molecular formula is C21H23ClFN3O2. The molecule has 0 amide bonds. The van der Waals surface area contributed by atoms with E-state index in [1.54, 1.807) is 25.4 Å². The lowest BCUT2D eigenvalue weighted by atomic mass is 10.1. The molecule has 0 atom stereocenters. The van der Waals surface area contributed by atoms with Crippen molar-refractivity contribution in [1.82, 2.24) is 14.9 Å². The molecule has 2 aromatic carbocycles. The third kappa shape index (κ3) is 5.24. The summed E-state index contributed by atoms with van der Waals surface area (Å²) in [4.78, 5) is 4.03. The first-order valence-corrected chi connectivity index (χ1v) is 9.45. The average molecular weight is 404 g/mol. The van der Waals surface area contributed by atoms with E-state index in [0.717, 1.165) is 25.1 Å². The summed E-state index contributed by atoms with van der Waals surface area (Å²) in [7, 11) is 1.58. The van der Waals surface area contributed by atoms with E-state index in [9.17, 15) is 4.39 Å². The first kappa shape index (κ1) is 20.2. The van der Waals surface area contributed by atoms with Gasteiger partial charge in [0, 0.05) is 36.6 Å². The van der Waals surface area contributed by atoms with Crippen LogP contribution in [-0.4, -0.2) is 23.2 Å². The molecule has 0 unspecified atom stereocenters. The van der Waals surface area contributed by atoms with E-state index in [0.29, 0.717) is 28.6 Å². The van der Waals surface area contributed by atoms with Crippen molar-refractivity contribution in [3.8, 4) is 11.5 Å². The van der Waals surface area contributed by atoms with Gasteiger partial charge in [0.15, 0.2) is 11.5 Å². The van der Waals surface area contributed by atoms with E-state index < -0.39 is 0 Å². The predicted molar refractivity (Wildman–Crippen MR) is 107 cm³/mol. The van der Waals surface area contributed by atoms with Crippen molar-refractivity contribution in [3.63, 3.8) is 0 Å². The summed E-state index contributed by atoms with van der Waals surface area (Å²) >= 11 is 6.10. The number of imidazole rings is 1. The van der Waals surface area contributed by atoms with Crippen LogP contribution in [-0.2, 0) is 19.7 Å². The molecule has 0 fully saturated rings. The first-order valence-electron chi connectivity index (χ1n) is 9.07. The zero-order valence-electron chi connectivity index (χ0n) is 15.7. The fourth-order valence-corrected chi connectivity index (χ4v) is 3.09. The number of halogens is 2. The Morgan fingerprint density at radius 3 is 2.82 bits per heavy atom. The van der Waals surface area contributed by atoms with Crippen molar-refractivity contribution in [2.24, 2.45) is 0 Å². The second kappa shape index (κ2) is 10.1. The summed E-state index contributed by atoms with van der Waals surface area (Å²) in [5.74, 6) is 0.804. The third-order valence-electron chi connectivity index (χ3n) is 4.35. The maximum absolute atomic E-state index is 14.0. The molecule has 5 nitrogen and oxygen atoms in total. The SMILES string of the molecule is COc1cccc(CNCCCn2ccnc2)c1OCc1c(F)cccc1Cl. The molecular weight excluding hydrogens is 381 g/mol. The Bertz CT molecular complexity index is 867. The molecule has 7 heteroatoms. The number of benzene rings is 2. The lowest BCUT2D eigenvalue weighted by Crippen LogP contribution is -2.17. The highest BCUT2D eigenvalue weighted by molar-refractivity contribution is 6.31. The molecule has 0 bridgehead atoms. The van der Waals surface area contributed by atoms with Crippen LogP contribution in [0, 0.1) is 5.82 Å². The van der Waals surface area contributed by atoms with Crippen molar-refractivity contribution in [2.45, 2.75) is 26.1 Å². The zero-order valence-corrected chi connectivity index (χ0v) is 16.5. The van der Waals surface area contributed by atoms with Gasteiger partial charge >= 0.3 is 0 Å². The molecule has 1 heterocycles. The van der Waals surface area contributed by atoms with Crippen molar-refractivity contribution in [2.75, 3.05) is 13.7 Å². The second-order valence-electron chi connectivity index (χ2n) is 6.27. The molecule has 0 aliphatic carbocycles. The Morgan fingerprint density at radius 2 is 2.07 bits per heavy atom. The van der Waals surface area contributed by atoms with Gasteiger partial charge in [0.25, 0.3) is 0 Å². The van der Waals surface area contributed by atoms with E-state index in [1.165, 1.54) is 6.07 Å². The van der Waals surface area contributed by atoms with Crippen LogP contribution in [0.2, 0.25) is 5.02 Å². The number of hydrogen-bond donors (Lipinski definition) is 1. The molecule has 0 aliphatic heterocycles. The van der Waals surface area contributed by atoms with E-state index >= 15 is 0 Å². The molecule has 3 rings (SSSR count). The quantitative estimate of drug-likeness (QED) is 0.508. The van der Waals surface area contributed by atoms with Crippen LogP contribution in [0.4, 0.5) is 4.39 Å². The van der Waals surface area contributed by atoms with Gasteiger partial charge in [0.05, 0.1) is 18.5 Å². The van der Waals surface area contributed by atoms with Crippen LogP contribution in [0.25, 0.3) is 0 Å². The molecule has 28 heavy (non-hydrogen) atoms. The van der Waals surface area contributed by atoms with Crippen LogP contribution in [0.3, 0.4) is 0 Å². The van der Waals surface area contributed by atoms with Crippen LogP contribution in [0.15, 0.2) is 55.1 Å². The Hall–Kier alpha value is -2.57. The number of aryl methyl sites for hydroxylation is 1. The highest BCUT2D eigenvalue weighted by Crippen LogP contribution is 2.32. The number of nitrogens with zero attached hydrogens (tertiary/aromatic N) is 2. The summed E-state index contributed by atoms with van der Waals surface area (Å²) in [6.45, 7) is 2.38. The highest BCUT2D eigenvalue weighted by Gasteiger charge is 2.13. The molecule has 0 saturated carbocycles. The molecule has 1 N–H and O–H groups in total. The number of aromatic nitrogens is 2. The maximum atomic E-state index is 14.0. The van der Waals surface area contributed by atoms with Crippen LogP contribution >= 0.6 is 11.6 Å². The van der Waals surface area contributed by atoms with Crippen LogP contribution < -0.4 is 14.8 Å². The van der Waals surface area contributed by atoms with Gasteiger partial charge in [-0.1, -0.05) is 29.8 Å². The largest absolute Gasteiger partial charge is 0.493 e. The Morgan fingerprint density at radius 1 is 1.21 bits per heavy atom. The average Bonchev–Trinajstić information content (AvgIpc) is 3.21. The number of hydrogen-bond acceptors (Lipinski definition) is 4. The van der Waals surface area contributed by atoms with Crippen molar-refractivity contribution < 1.29 is 13.9 Å². The molecule has 1 aromatic heterocycles. The molecule has 0 spiro atoms. The van der Waals surface area contributed by atoms with Gasteiger partial charge in [-0.3, -0.25) is 0 Å². The summed E-state index contributed by atoms with van der Waals surface area (Å²) in [6, 6.07) is 10.3. The lowest BCUT2D eigenvalue weighted by Gasteiger charge is -2.16. The van der Waals surface area contributed by atoms with Gasteiger partial charge in [-0.2, -0.15) is 0 Å². The summed E-state index contributed by atoms with van der Waals surface area (Å²) < 4.78 is 27.4. The summed E-state index contributed by atoms with van der Waals surface area (Å²) in [6.07, 6.45) is 6.50. The van der Waals surface area contributed by atoms with E-state index in [1.807, 2.05) is 35.3 Å². The van der Waals surface area contributed by atoms with Gasteiger partial charge in [0.1, 0.15) is 12.4 Å². The molecule has 0 aliphatic rings. The maximum Gasteiger partial charge on any atom is 0.166 e. The predicted octanol–water partition coefficient (Wildman–Crippen LogP) is 4.44. The minimum atomic E-state index is -0.387. The van der Waals surface area contributed by atoms with Crippen molar-refractivity contribution in [1.29, 1.82) is 0 Å². The van der Waals surface area contributed by atoms with Crippen molar-refractivity contribution in [3.05, 3.63) is 77.1 Å². The standard InChI is InChI=1S/C21H23ClFN3O2/c1-27-20-8-2-5-16(13-24-9-4-11-26-12-10-25-15-26)21(20)28-14-17-18(22)6-3-7-19(17)23/h2-3,5-8,10,12,15,24H,4,9,11,13-14H2,1H3. The molecule has 3 aromatic rings. The lowest BCUT2D eigenvalue weighted by molar-refractivity contribution is 0.276. The van der Waals surface area contributed by atoms with E-state index in [4.69, 9.17) is 21.1 Å². The van der Waals surface area contributed by atoms with Gasteiger partial charge < -0.3 is 19.4 Å². The number of nitrogens with one attached hydrogen (secondary N) is 1. The third-order valence-corrected chi connectivity index (χ3v) is 4.70. The van der Waals surface area contributed by atoms with Crippen molar-refractivity contribution >= 4 is 11.6 Å². The minimum absolute atomic E-state index is 0.0273. The molecule has 148 valence electrons. The fraction of sp³-hybridized carbons (Fsp3) is 0.286. The first-order chi connectivity index (χ1) is 13.7. The monoisotopic (exact) mass is 403 g/mol. The zero-order chi connectivity index (χ0) is 19.8. The number of rotatable bonds is 10. The topological polar surface area (TPSA) is 48.3 Å². The van der Waals surface area contributed by atoms with Crippen LogP contribution in [0.1, 0.15) is 17.5 Å².